The number of hydrogen-bond acceptors (Lipinski definition) is 6. The van der Waals surface area contributed by atoms with Gasteiger partial charge in [-0.05, 0) is 0 Å². The van der Waals surface area contributed by atoms with Crippen molar-refractivity contribution in [3.05, 3.63) is 4.91 Å². The number of rotatable bonds is 6. The summed E-state index contributed by atoms with van der Waals surface area (Å²) in [7, 11) is 0. The van der Waals surface area contributed by atoms with Crippen LogP contribution in [0.5, 0.6) is 0 Å². The molecule has 4 fully saturated rings. The topological polar surface area (TPSA) is 87.2 Å². The second-order valence-electron chi connectivity index (χ2n) is 5.69. The largest absolute Gasteiger partial charge is 0.788 e. The summed E-state index contributed by atoms with van der Waals surface area (Å²) in [6, 6.07) is 0. The van der Waals surface area contributed by atoms with Gasteiger partial charge in [-0.3, -0.25) is 0 Å². The molecule has 4 heterocycles. The minimum Gasteiger partial charge on any atom is -0.788 e. The summed E-state index contributed by atoms with van der Waals surface area (Å²) in [5, 5.41) is 16.0. The molecule has 0 N–H and O–H groups in total. The Bertz CT molecular complexity index is 396. The van der Waals surface area contributed by atoms with Crippen molar-refractivity contribution in [2.75, 3.05) is 39.5 Å². The van der Waals surface area contributed by atoms with Gasteiger partial charge < -0.3 is 19.3 Å². The monoisotopic (exact) mass is 271 g/mol. The van der Waals surface area contributed by atoms with Gasteiger partial charge in [0.15, 0.2) is 0 Å². The number of nitrogens with zero attached hydrogens (tertiary/aromatic N) is 3. The van der Waals surface area contributed by atoms with Gasteiger partial charge in [0.2, 0.25) is 5.72 Å². The smallest absolute Gasteiger partial charge is 0.205 e. The highest BCUT2D eigenvalue weighted by Gasteiger charge is 2.55. The summed E-state index contributed by atoms with van der Waals surface area (Å²) in [6.45, 7) is 3.20. The average Bonchev–Trinajstić information content (AvgIpc) is 3.21. The maximum absolute atomic E-state index is 12.7. The van der Waals surface area contributed by atoms with E-state index in [0.717, 1.165) is 0 Å². The van der Waals surface area contributed by atoms with Crippen molar-refractivity contribution in [2.24, 2.45) is 0 Å². The zero-order valence-electron chi connectivity index (χ0n) is 10.6. The van der Waals surface area contributed by atoms with Crippen LogP contribution >= 0.6 is 0 Å². The normalized spacial score (nSPS) is 44.8. The lowest BCUT2D eigenvalue weighted by Gasteiger charge is -2.21. The van der Waals surface area contributed by atoms with Crippen LogP contribution in [0.2, 0.25) is 0 Å². The number of hydrazine groups is 2. The maximum Gasteiger partial charge on any atom is 0.205 e. The lowest BCUT2D eigenvalue weighted by Crippen LogP contribution is -2.55. The molecule has 4 rings (SSSR count). The van der Waals surface area contributed by atoms with Crippen LogP contribution in [0.1, 0.15) is 6.42 Å². The molecule has 8 heteroatoms. The molecule has 0 spiro atoms. The summed E-state index contributed by atoms with van der Waals surface area (Å²) < 4.78 is 15.4. The number of nitroso groups, excluding NO2 is 1. The summed E-state index contributed by atoms with van der Waals surface area (Å²) in [4.78, 5) is 12.9. The molecule has 0 aromatic carbocycles. The van der Waals surface area contributed by atoms with E-state index in [2.05, 4.69) is 0 Å². The second-order valence-corrected chi connectivity index (χ2v) is 5.69. The lowest BCUT2D eigenvalue weighted by atomic mass is 10.1. The number of ether oxygens (including phenoxy) is 3. The molecule has 4 saturated heterocycles. The van der Waals surface area contributed by atoms with Crippen molar-refractivity contribution in [1.29, 1.82) is 0 Å². The molecular weight excluding hydrogens is 254 g/mol. The molecule has 4 unspecified atom stereocenters. The molecule has 4 atom stereocenters. The average molecular weight is 271 g/mol. The van der Waals surface area contributed by atoms with E-state index in [1.54, 1.807) is 0 Å². The van der Waals surface area contributed by atoms with Crippen molar-refractivity contribution >= 4 is 0 Å². The first-order chi connectivity index (χ1) is 9.14. The summed E-state index contributed by atoms with van der Waals surface area (Å²) >= 11 is 0. The molecule has 0 radical (unpaired) electrons. The van der Waals surface area contributed by atoms with Crippen LogP contribution < -0.4 is 5.11 Å². The van der Waals surface area contributed by atoms with E-state index in [-0.39, 0.29) is 31.3 Å². The van der Waals surface area contributed by atoms with Crippen LogP contribution in [0.15, 0.2) is 0 Å². The van der Waals surface area contributed by atoms with Gasteiger partial charge in [0, 0.05) is 6.42 Å². The standard InChI is InChI=1S/C11H17N3O5/c15-11(1-8-4-17-8)7-12(2-9-5-18-9)13(14(11)16)3-10-6-19-10/h8-10H,1-7H2. The van der Waals surface area contributed by atoms with E-state index in [0.29, 0.717) is 37.8 Å². The van der Waals surface area contributed by atoms with Crippen LogP contribution in [-0.2, 0) is 14.2 Å². The molecular formula is C11H17N3O5. The number of epoxide rings is 3. The van der Waals surface area contributed by atoms with Crippen molar-refractivity contribution in [2.45, 2.75) is 30.5 Å². The Kier molecular flexibility index (Phi) is 2.58. The highest BCUT2D eigenvalue weighted by molar-refractivity contribution is 4.85. The van der Waals surface area contributed by atoms with Crippen LogP contribution in [0.25, 0.3) is 0 Å². The second kappa shape index (κ2) is 4.10. The molecule has 0 aromatic rings. The Hall–Kier alpha value is -0.800. The molecule has 19 heavy (non-hydrogen) atoms. The van der Waals surface area contributed by atoms with Crippen molar-refractivity contribution < 1.29 is 24.2 Å². The Morgan fingerprint density at radius 3 is 2.26 bits per heavy atom. The fraction of sp³-hybridized carbons (Fsp3) is 1.00. The first-order valence-electron chi connectivity index (χ1n) is 6.69. The minimum absolute atomic E-state index is 0.0508. The van der Waals surface area contributed by atoms with Crippen LogP contribution in [0.4, 0.5) is 0 Å². The quantitative estimate of drug-likeness (QED) is 0.402. The number of hydrogen-bond donors (Lipinski definition) is 0. The molecule has 8 nitrogen and oxygen atoms in total. The summed E-state index contributed by atoms with van der Waals surface area (Å²) in [5.74, 6) is 0. The van der Waals surface area contributed by atoms with Gasteiger partial charge in [-0.2, -0.15) is 5.01 Å². The van der Waals surface area contributed by atoms with Gasteiger partial charge in [-0.15, -0.1) is 0 Å². The van der Waals surface area contributed by atoms with Crippen molar-refractivity contribution in [1.82, 2.24) is 10.1 Å². The zero-order chi connectivity index (χ0) is 13.0. The first kappa shape index (κ1) is 12.0. The minimum atomic E-state index is -1.65. The molecule has 0 saturated carbocycles. The predicted octanol–water partition coefficient (Wildman–Crippen LogP) is -2.14. The van der Waals surface area contributed by atoms with Gasteiger partial charge in [0.25, 0.3) is 0 Å². The zero-order valence-corrected chi connectivity index (χ0v) is 10.6. The van der Waals surface area contributed by atoms with Gasteiger partial charge in [0.05, 0.1) is 50.0 Å². The van der Waals surface area contributed by atoms with Gasteiger partial charge >= 0.3 is 0 Å². The Balaban J connectivity index is 1.48. The van der Waals surface area contributed by atoms with E-state index < -0.39 is 5.72 Å². The first-order valence-corrected chi connectivity index (χ1v) is 6.69. The van der Waals surface area contributed by atoms with Crippen molar-refractivity contribution in [3.8, 4) is 0 Å². The van der Waals surface area contributed by atoms with E-state index in [1.165, 1.54) is 5.12 Å². The molecule has 4 aliphatic rings. The third kappa shape index (κ3) is 2.46. The predicted molar refractivity (Wildman–Crippen MR) is 58.5 cm³/mol. The van der Waals surface area contributed by atoms with E-state index in [4.69, 9.17) is 14.2 Å². The SMILES string of the molecule is O=[N+]1N(CC2CO2)N(CC2CO2)CC1([O-])CC1CO1. The third-order valence-electron chi connectivity index (χ3n) is 3.85. The molecule has 0 amide bonds. The fourth-order valence-electron chi connectivity index (χ4n) is 2.55. The Morgan fingerprint density at radius 1 is 1.11 bits per heavy atom. The maximum atomic E-state index is 12.7. The highest BCUT2D eigenvalue weighted by Crippen LogP contribution is 2.30. The van der Waals surface area contributed by atoms with Crippen LogP contribution in [0.3, 0.4) is 0 Å². The van der Waals surface area contributed by atoms with Crippen LogP contribution in [0, 0.1) is 4.91 Å². The van der Waals surface area contributed by atoms with Gasteiger partial charge in [0.1, 0.15) is 17.5 Å². The molecule has 0 aliphatic carbocycles. The van der Waals surface area contributed by atoms with Crippen LogP contribution in [-0.4, -0.2) is 78.5 Å². The molecule has 0 aromatic heterocycles. The summed E-state index contributed by atoms with van der Waals surface area (Å²) in [5.41, 5.74) is -1.65. The Labute approximate surface area is 110 Å². The fourth-order valence-corrected chi connectivity index (χ4v) is 2.55. The van der Waals surface area contributed by atoms with Gasteiger partial charge in [-0.1, -0.05) is 5.12 Å². The molecule has 106 valence electrons. The third-order valence-corrected chi connectivity index (χ3v) is 3.85. The van der Waals surface area contributed by atoms with E-state index in [1.807, 2.05) is 5.01 Å². The highest BCUT2D eigenvalue weighted by atomic mass is 16.6. The molecule has 0 bridgehead atoms. The Morgan fingerprint density at radius 2 is 1.68 bits per heavy atom. The van der Waals surface area contributed by atoms with Crippen molar-refractivity contribution in [3.63, 3.8) is 0 Å². The van der Waals surface area contributed by atoms with E-state index >= 15 is 0 Å². The molecule has 4 aliphatic heterocycles. The van der Waals surface area contributed by atoms with Gasteiger partial charge in [-0.25, -0.2) is 0 Å². The van der Waals surface area contributed by atoms with E-state index in [9.17, 15) is 10.0 Å². The summed E-state index contributed by atoms with van der Waals surface area (Å²) in [6.07, 6.45) is 0.403. The lowest BCUT2D eigenvalue weighted by molar-refractivity contribution is -0.862.